The first-order chi connectivity index (χ1) is 9.40. The number of urea groups is 1. The number of carbonyl (C=O) groups is 2. The van der Waals surface area contributed by atoms with Crippen molar-refractivity contribution in [1.29, 1.82) is 0 Å². The Hall–Kier alpha value is -2.05. The number of nitrogens with zero attached hydrogens (tertiary/aromatic N) is 2. The lowest BCUT2D eigenvalue weighted by molar-refractivity contribution is -0.150. The highest BCUT2D eigenvalue weighted by Crippen LogP contribution is 2.30. The van der Waals surface area contributed by atoms with Gasteiger partial charge in [0.2, 0.25) is 0 Å². The fraction of sp³-hybridized carbons (Fsp3) is 0.615. The van der Waals surface area contributed by atoms with Gasteiger partial charge >= 0.3 is 12.0 Å². The van der Waals surface area contributed by atoms with Gasteiger partial charge in [-0.25, -0.2) is 4.79 Å². The van der Waals surface area contributed by atoms with Gasteiger partial charge in [0.25, 0.3) is 0 Å². The average molecular weight is 281 g/mol. The van der Waals surface area contributed by atoms with Crippen LogP contribution in [0.5, 0.6) is 0 Å². The van der Waals surface area contributed by atoms with E-state index in [1.807, 2.05) is 0 Å². The van der Waals surface area contributed by atoms with E-state index < -0.39 is 11.4 Å². The maximum atomic E-state index is 12.0. The van der Waals surface area contributed by atoms with Crippen LogP contribution in [0.1, 0.15) is 31.2 Å². The molecule has 0 spiro atoms. The molecule has 2 N–H and O–H groups in total. The number of nitrogens with one attached hydrogen (secondary N) is 1. The van der Waals surface area contributed by atoms with Gasteiger partial charge in [0.05, 0.1) is 12.0 Å². The van der Waals surface area contributed by atoms with Crippen molar-refractivity contribution >= 4 is 12.0 Å². The van der Waals surface area contributed by atoms with Crippen molar-refractivity contribution in [3.63, 3.8) is 0 Å². The summed E-state index contributed by atoms with van der Waals surface area (Å²) in [6.07, 6.45) is 0.942. The Balaban J connectivity index is 1.81. The molecule has 1 aliphatic heterocycles. The summed E-state index contributed by atoms with van der Waals surface area (Å²) < 4.78 is 4.92. The van der Waals surface area contributed by atoms with Gasteiger partial charge in [-0.05, 0) is 26.7 Å². The summed E-state index contributed by atoms with van der Waals surface area (Å²) in [7, 11) is 0. The predicted molar refractivity (Wildman–Crippen MR) is 70.0 cm³/mol. The minimum Gasteiger partial charge on any atom is -0.481 e. The van der Waals surface area contributed by atoms with Crippen LogP contribution in [0.25, 0.3) is 0 Å². The molecule has 0 radical (unpaired) electrons. The van der Waals surface area contributed by atoms with Crippen molar-refractivity contribution in [2.24, 2.45) is 5.41 Å². The zero-order valence-corrected chi connectivity index (χ0v) is 11.7. The zero-order chi connectivity index (χ0) is 14.8. The minimum absolute atomic E-state index is 0.196. The van der Waals surface area contributed by atoms with Gasteiger partial charge in [-0.3, -0.25) is 4.79 Å². The molecule has 1 aliphatic rings. The second-order valence-corrected chi connectivity index (χ2v) is 5.44. The molecule has 110 valence electrons. The number of aliphatic carboxylic acids is 1. The van der Waals surface area contributed by atoms with Crippen molar-refractivity contribution in [3.05, 3.63) is 17.5 Å². The molecule has 0 saturated carbocycles. The van der Waals surface area contributed by atoms with Gasteiger partial charge in [0.15, 0.2) is 0 Å². The molecular weight excluding hydrogens is 262 g/mol. The van der Waals surface area contributed by atoms with Gasteiger partial charge in [0.1, 0.15) is 11.5 Å². The molecule has 2 amide bonds. The van der Waals surface area contributed by atoms with Gasteiger partial charge in [-0.2, -0.15) is 0 Å². The number of aromatic nitrogens is 1. The van der Waals surface area contributed by atoms with Crippen molar-refractivity contribution in [3.8, 4) is 0 Å². The third-order valence-electron chi connectivity index (χ3n) is 3.77. The molecule has 1 aromatic rings. The Kier molecular flexibility index (Phi) is 3.96. The molecule has 0 aromatic carbocycles. The largest absolute Gasteiger partial charge is 0.481 e. The Bertz CT molecular complexity index is 503. The van der Waals surface area contributed by atoms with E-state index in [-0.39, 0.29) is 6.03 Å². The molecule has 1 fully saturated rings. The van der Waals surface area contributed by atoms with Crippen molar-refractivity contribution in [2.45, 2.75) is 33.2 Å². The standard InChI is InChI=1S/C13H19N3O4/c1-9-7-10(15-20-9)8-14-12(19)16-5-3-13(2,4-6-16)11(17)18/h7H,3-6,8H2,1-2H3,(H,14,19)(H,17,18). The molecular formula is C13H19N3O4. The summed E-state index contributed by atoms with van der Waals surface area (Å²) in [5.41, 5.74) is -0.0526. The van der Waals surface area contributed by atoms with Crippen molar-refractivity contribution in [1.82, 2.24) is 15.4 Å². The topological polar surface area (TPSA) is 95.7 Å². The summed E-state index contributed by atoms with van der Waals surface area (Å²) in [4.78, 5) is 24.7. The second kappa shape index (κ2) is 5.52. The van der Waals surface area contributed by atoms with E-state index in [2.05, 4.69) is 10.5 Å². The molecule has 7 nitrogen and oxygen atoms in total. The maximum absolute atomic E-state index is 12.0. The molecule has 0 aliphatic carbocycles. The van der Waals surface area contributed by atoms with E-state index >= 15 is 0 Å². The fourth-order valence-corrected chi connectivity index (χ4v) is 2.20. The quantitative estimate of drug-likeness (QED) is 0.872. The van der Waals surface area contributed by atoms with Crippen molar-refractivity contribution in [2.75, 3.05) is 13.1 Å². The van der Waals surface area contributed by atoms with E-state index in [0.717, 1.165) is 0 Å². The minimum atomic E-state index is -0.796. The van der Waals surface area contributed by atoms with Gasteiger partial charge < -0.3 is 19.8 Å². The summed E-state index contributed by atoms with van der Waals surface area (Å²) in [6, 6.07) is 1.57. The number of hydrogen-bond donors (Lipinski definition) is 2. The molecule has 1 saturated heterocycles. The highest BCUT2D eigenvalue weighted by molar-refractivity contribution is 5.76. The number of carboxylic acid groups (broad SMARTS) is 1. The lowest BCUT2D eigenvalue weighted by Crippen LogP contribution is -2.48. The lowest BCUT2D eigenvalue weighted by atomic mass is 9.80. The van der Waals surface area contributed by atoms with Crippen molar-refractivity contribution < 1.29 is 19.2 Å². The Morgan fingerprint density at radius 3 is 2.65 bits per heavy atom. The van der Waals surface area contributed by atoms with Crippen LogP contribution in [0.4, 0.5) is 4.79 Å². The number of likely N-dealkylation sites (tertiary alicyclic amines) is 1. The third-order valence-corrected chi connectivity index (χ3v) is 3.77. The number of piperidine rings is 1. The molecule has 20 heavy (non-hydrogen) atoms. The number of amides is 2. The maximum Gasteiger partial charge on any atom is 0.317 e. The second-order valence-electron chi connectivity index (χ2n) is 5.44. The molecule has 0 atom stereocenters. The van der Waals surface area contributed by atoms with Crippen LogP contribution >= 0.6 is 0 Å². The van der Waals surface area contributed by atoms with Crippen LogP contribution in [0.2, 0.25) is 0 Å². The highest BCUT2D eigenvalue weighted by atomic mass is 16.5. The number of rotatable bonds is 3. The van der Waals surface area contributed by atoms with Gasteiger partial charge in [-0.15, -0.1) is 0 Å². The van der Waals surface area contributed by atoms with Gasteiger partial charge in [0, 0.05) is 19.2 Å². The summed E-state index contributed by atoms with van der Waals surface area (Å²) in [5.74, 6) is -0.0972. The summed E-state index contributed by atoms with van der Waals surface area (Å²) in [5, 5.41) is 15.7. The monoisotopic (exact) mass is 281 g/mol. The number of carboxylic acids is 1. The third kappa shape index (κ3) is 3.09. The molecule has 0 bridgehead atoms. The smallest absolute Gasteiger partial charge is 0.317 e. The SMILES string of the molecule is Cc1cc(CNC(=O)N2CCC(C)(C(=O)O)CC2)no1. The number of aryl methyl sites for hydroxylation is 1. The summed E-state index contributed by atoms with van der Waals surface area (Å²) in [6.45, 7) is 4.72. The normalized spacial score (nSPS) is 17.8. The Morgan fingerprint density at radius 2 is 2.15 bits per heavy atom. The van der Waals surface area contributed by atoms with E-state index in [9.17, 15) is 9.59 Å². The average Bonchev–Trinajstić information content (AvgIpc) is 2.82. The first kappa shape index (κ1) is 14.4. The molecule has 7 heteroatoms. The van der Waals surface area contributed by atoms with Crippen LogP contribution < -0.4 is 5.32 Å². The van der Waals surface area contributed by atoms with Crippen LogP contribution in [-0.4, -0.2) is 40.3 Å². The fourth-order valence-electron chi connectivity index (χ4n) is 2.20. The predicted octanol–water partition coefficient (Wildman–Crippen LogP) is 1.38. The van der Waals surface area contributed by atoms with E-state index in [1.165, 1.54) is 0 Å². The number of carbonyl (C=O) groups excluding carboxylic acids is 1. The Morgan fingerprint density at radius 1 is 1.50 bits per heavy atom. The number of hydrogen-bond acceptors (Lipinski definition) is 4. The molecule has 2 rings (SSSR count). The van der Waals surface area contributed by atoms with Crippen LogP contribution in [0, 0.1) is 12.3 Å². The van der Waals surface area contributed by atoms with Crippen LogP contribution in [0.15, 0.2) is 10.6 Å². The molecule has 1 aromatic heterocycles. The van der Waals surface area contributed by atoms with E-state index in [0.29, 0.717) is 43.9 Å². The first-order valence-corrected chi connectivity index (χ1v) is 6.59. The lowest BCUT2D eigenvalue weighted by Gasteiger charge is -2.36. The highest BCUT2D eigenvalue weighted by Gasteiger charge is 2.37. The van der Waals surface area contributed by atoms with Crippen LogP contribution in [-0.2, 0) is 11.3 Å². The van der Waals surface area contributed by atoms with E-state index in [1.54, 1.807) is 24.8 Å². The zero-order valence-electron chi connectivity index (χ0n) is 11.7. The van der Waals surface area contributed by atoms with Crippen LogP contribution in [0.3, 0.4) is 0 Å². The van der Waals surface area contributed by atoms with E-state index in [4.69, 9.17) is 9.63 Å². The van der Waals surface area contributed by atoms with Gasteiger partial charge in [-0.1, -0.05) is 5.16 Å². The molecule has 2 heterocycles. The first-order valence-electron chi connectivity index (χ1n) is 6.59. The Labute approximate surface area is 116 Å². The molecule has 0 unspecified atom stereocenters. The summed E-state index contributed by atoms with van der Waals surface area (Å²) >= 11 is 0.